The summed E-state index contributed by atoms with van der Waals surface area (Å²) < 4.78 is 4.98. The van der Waals surface area contributed by atoms with Crippen LogP contribution in [0.5, 0.6) is 0 Å². The van der Waals surface area contributed by atoms with E-state index in [1.165, 1.54) is 0 Å². The highest BCUT2D eigenvalue weighted by atomic mass is 16.5. The number of ether oxygens (including phenoxy) is 1. The maximum atomic E-state index is 12.1. The fraction of sp³-hybridized carbons (Fsp3) is 0.478. The predicted octanol–water partition coefficient (Wildman–Crippen LogP) is 1.56. The Labute approximate surface area is 192 Å². The third kappa shape index (κ3) is 6.62. The quantitative estimate of drug-likeness (QED) is 0.459. The number of piperazine rings is 1. The summed E-state index contributed by atoms with van der Waals surface area (Å²) in [5.74, 6) is -0.611. The average Bonchev–Trinajstić information content (AvgIpc) is 2.81. The van der Waals surface area contributed by atoms with Crippen molar-refractivity contribution in [2.45, 2.75) is 19.8 Å². The van der Waals surface area contributed by atoms with E-state index in [0.29, 0.717) is 74.7 Å². The van der Waals surface area contributed by atoms with E-state index in [1.54, 1.807) is 38.3 Å². The molecule has 1 fully saturated rings. The van der Waals surface area contributed by atoms with Crippen LogP contribution < -0.4 is 15.5 Å². The van der Waals surface area contributed by atoms with E-state index in [9.17, 15) is 19.5 Å². The molecule has 1 saturated heterocycles. The molecule has 0 radical (unpaired) electrons. The number of hydrogen-bond acceptors (Lipinski definition) is 7. The van der Waals surface area contributed by atoms with E-state index in [-0.39, 0.29) is 17.4 Å². The van der Waals surface area contributed by atoms with Crippen LogP contribution in [-0.4, -0.2) is 85.8 Å². The van der Waals surface area contributed by atoms with E-state index in [4.69, 9.17) is 4.74 Å². The summed E-state index contributed by atoms with van der Waals surface area (Å²) in [4.78, 5) is 44.5. The normalized spacial score (nSPS) is 14.3. The Morgan fingerprint density at radius 1 is 1.12 bits per heavy atom. The van der Waals surface area contributed by atoms with Crippen molar-refractivity contribution < 1.29 is 24.2 Å². The molecule has 0 atom stereocenters. The van der Waals surface area contributed by atoms with Crippen molar-refractivity contribution in [1.82, 2.24) is 15.2 Å². The van der Waals surface area contributed by atoms with Crippen LogP contribution >= 0.6 is 0 Å². The van der Waals surface area contributed by atoms with E-state index in [1.807, 2.05) is 4.90 Å². The van der Waals surface area contributed by atoms with Gasteiger partial charge in [-0.05, 0) is 30.7 Å². The van der Waals surface area contributed by atoms with Crippen molar-refractivity contribution >= 4 is 40.2 Å². The number of rotatable bonds is 10. The number of carbonyl (C=O) groups is 3. The Morgan fingerprint density at radius 2 is 1.88 bits per heavy atom. The third-order valence-electron chi connectivity index (χ3n) is 5.54. The fourth-order valence-electron chi connectivity index (χ4n) is 3.72. The molecule has 10 heteroatoms. The van der Waals surface area contributed by atoms with Crippen molar-refractivity contribution in [2.24, 2.45) is 0 Å². The van der Waals surface area contributed by atoms with Gasteiger partial charge < -0.3 is 25.4 Å². The van der Waals surface area contributed by atoms with Gasteiger partial charge in [0, 0.05) is 63.9 Å². The first-order chi connectivity index (χ1) is 15.9. The van der Waals surface area contributed by atoms with E-state index in [0.717, 1.165) is 6.42 Å². The van der Waals surface area contributed by atoms with Gasteiger partial charge in [0.05, 0.1) is 17.6 Å². The molecule has 33 heavy (non-hydrogen) atoms. The summed E-state index contributed by atoms with van der Waals surface area (Å²) in [6, 6.07) is 6.67. The van der Waals surface area contributed by atoms with Crippen LogP contribution in [0.1, 0.15) is 30.1 Å². The number of carboxylic acid groups (broad SMARTS) is 1. The van der Waals surface area contributed by atoms with Crippen LogP contribution in [0, 0.1) is 0 Å². The van der Waals surface area contributed by atoms with Gasteiger partial charge in [0.1, 0.15) is 5.82 Å². The lowest BCUT2D eigenvalue weighted by molar-refractivity contribution is -0.122. The second-order valence-corrected chi connectivity index (χ2v) is 7.93. The maximum absolute atomic E-state index is 12.1. The van der Waals surface area contributed by atoms with Crippen molar-refractivity contribution in [3.8, 4) is 0 Å². The zero-order valence-corrected chi connectivity index (χ0v) is 19.1. The highest BCUT2D eigenvalue weighted by Gasteiger charge is 2.22. The van der Waals surface area contributed by atoms with Crippen molar-refractivity contribution in [3.63, 3.8) is 0 Å². The lowest BCUT2D eigenvalue weighted by atomic mass is 10.1. The third-order valence-corrected chi connectivity index (χ3v) is 5.54. The molecule has 0 spiro atoms. The monoisotopic (exact) mass is 457 g/mol. The SMILES string of the molecule is CCC(=O)Nc1ccc2nc(N3CCN(CC(=O)NCCCOC)CC3)cc(C(=O)O)c2c1. The van der Waals surface area contributed by atoms with Crippen LogP contribution in [0.3, 0.4) is 0 Å². The Kier molecular flexibility index (Phi) is 8.56. The lowest BCUT2D eigenvalue weighted by Crippen LogP contribution is -2.49. The number of carboxylic acids is 1. The van der Waals surface area contributed by atoms with Gasteiger partial charge in [0.25, 0.3) is 0 Å². The van der Waals surface area contributed by atoms with Crippen LogP contribution in [0.15, 0.2) is 24.3 Å². The van der Waals surface area contributed by atoms with E-state index in [2.05, 4.69) is 20.5 Å². The molecule has 1 aliphatic rings. The molecule has 0 saturated carbocycles. The van der Waals surface area contributed by atoms with Gasteiger partial charge in [0.2, 0.25) is 11.8 Å². The number of aromatic nitrogens is 1. The number of fused-ring (bicyclic) bond motifs is 1. The zero-order valence-electron chi connectivity index (χ0n) is 19.1. The number of benzene rings is 1. The molecule has 2 heterocycles. The van der Waals surface area contributed by atoms with Crippen LogP contribution in [0.4, 0.5) is 11.5 Å². The fourth-order valence-corrected chi connectivity index (χ4v) is 3.72. The Morgan fingerprint density at radius 3 is 2.55 bits per heavy atom. The minimum atomic E-state index is -1.05. The first-order valence-corrected chi connectivity index (χ1v) is 11.1. The summed E-state index contributed by atoms with van der Waals surface area (Å²) in [5, 5.41) is 15.9. The largest absolute Gasteiger partial charge is 0.478 e. The molecule has 2 aromatic rings. The second kappa shape index (κ2) is 11.6. The first-order valence-electron chi connectivity index (χ1n) is 11.1. The van der Waals surface area contributed by atoms with Crippen molar-refractivity contribution in [3.05, 3.63) is 29.8 Å². The molecule has 178 valence electrons. The molecule has 1 aliphatic heterocycles. The van der Waals surface area contributed by atoms with Crippen molar-refractivity contribution in [1.29, 1.82) is 0 Å². The molecular formula is C23H31N5O5. The highest BCUT2D eigenvalue weighted by molar-refractivity contribution is 6.05. The van der Waals surface area contributed by atoms with Gasteiger partial charge in [-0.1, -0.05) is 6.92 Å². The Hall–Kier alpha value is -3.24. The number of nitrogens with one attached hydrogen (secondary N) is 2. The van der Waals surface area contributed by atoms with E-state index < -0.39 is 5.97 Å². The highest BCUT2D eigenvalue weighted by Crippen LogP contribution is 2.26. The molecule has 3 N–H and O–H groups in total. The minimum absolute atomic E-state index is 0.0116. The predicted molar refractivity (Wildman–Crippen MR) is 126 cm³/mol. The second-order valence-electron chi connectivity index (χ2n) is 7.93. The van der Waals surface area contributed by atoms with E-state index >= 15 is 0 Å². The number of anilines is 2. The Balaban J connectivity index is 1.67. The topological polar surface area (TPSA) is 124 Å². The van der Waals surface area contributed by atoms with Crippen LogP contribution in [0.25, 0.3) is 10.9 Å². The first kappa shape index (κ1) is 24.4. The molecule has 10 nitrogen and oxygen atoms in total. The number of nitrogens with zero attached hydrogens (tertiary/aromatic N) is 3. The number of aromatic carboxylic acids is 1. The van der Waals surface area contributed by atoms with Crippen molar-refractivity contribution in [2.75, 3.05) is 63.2 Å². The van der Waals surface area contributed by atoms with Gasteiger partial charge in [-0.15, -0.1) is 0 Å². The molecule has 1 aromatic heterocycles. The van der Waals surface area contributed by atoms with Crippen LogP contribution in [-0.2, 0) is 14.3 Å². The smallest absolute Gasteiger partial charge is 0.336 e. The standard InChI is InChI=1S/C23H31N5O5/c1-3-21(29)25-16-5-6-19-17(13-16)18(23(31)32)14-20(26-19)28-10-8-27(9-11-28)15-22(30)24-7-4-12-33-2/h5-6,13-14H,3-4,7-12,15H2,1-2H3,(H,24,30)(H,25,29)(H,31,32). The number of hydrogen-bond donors (Lipinski definition) is 3. The lowest BCUT2D eigenvalue weighted by Gasteiger charge is -2.35. The van der Waals surface area contributed by atoms with Gasteiger partial charge in [-0.25, -0.2) is 9.78 Å². The minimum Gasteiger partial charge on any atom is -0.478 e. The molecule has 1 aromatic carbocycles. The zero-order chi connectivity index (χ0) is 23.8. The van der Waals surface area contributed by atoms with Gasteiger partial charge >= 0.3 is 5.97 Å². The maximum Gasteiger partial charge on any atom is 0.336 e. The Bertz CT molecular complexity index is 1000. The molecule has 0 unspecified atom stereocenters. The van der Waals surface area contributed by atoms with Crippen LogP contribution in [0.2, 0.25) is 0 Å². The van der Waals surface area contributed by atoms with Gasteiger partial charge in [-0.3, -0.25) is 14.5 Å². The summed E-state index contributed by atoms with van der Waals surface area (Å²) in [5.41, 5.74) is 1.23. The number of methoxy groups -OCH3 is 1. The molecule has 0 bridgehead atoms. The molecule has 3 rings (SSSR count). The summed E-state index contributed by atoms with van der Waals surface area (Å²) in [6.45, 7) is 5.92. The molecule has 2 amide bonds. The summed E-state index contributed by atoms with van der Waals surface area (Å²) in [7, 11) is 1.63. The van der Waals surface area contributed by atoms with Gasteiger partial charge in [-0.2, -0.15) is 0 Å². The summed E-state index contributed by atoms with van der Waals surface area (Å²) >= 11 is 0. The van der Waals surface area contributed by atoms with Gasteiger partial charge in [0.15, 0.2) is 0 Å². The summed E-state index contributed by atoms with van der Waals surface area (Å²) in [6.07, 6.45) is 1.12. The molecular weight excluding hydrogens is 426 g/mol. The number of pyridine rings is 1. The number of carbonyl (C=O) groups excluding carboxylic acids is 2. The average molecular weight is 458 g/mol. The number of amides is 2. The molecule has 0 aliphatic carbocycles.